The van der Waals surface area contributed by atoms with Crippen LogP contribution in [0.2, 0.25) is 0 Å². The maximum Gasteiger partial charge on any atom is 0.264 e. The number of benzene rings is 1. The Hall–Kier alpha value is -2.74. The highest BCUT2D eigenvalue weighted by Crippen LogP contribution is 2.32. The Morgan fingerprint density at radius 3 is 2.64 bits per heavy atom. The molecule has 4 rings (SSSR count). The fourth-order valence-corrected chi connectivity index (χ4v) is 3.63. The molecule has 2 saturated heterocycles. The van der Waals surface area contributed by atoms with E-state index in [0.29, 0.717) is 16.8 Å². The van der Waals surface area contributed by atoms with E-state index in [4.69, 9.17) is 0 Å². The molecule has 1 aromatic rings. The molecule has 0 bridgehead atoms. The molecule has 0 aromatic heterocycles. The van der Waals surface area contributed by atoms with E-state index in [9.17, 15) is 19.2 Å². The summed E-state index contributed by atoms with van der Waals surface area (Å²) >= 11 is 0. The first-order chi connectivity index (χ1) is 12.1. The summed E-state index contributed by atoms with van der Waals surface area (Å²) in [5, 5.41) is 8.76. The van der Waals surface area contributed by atoms with Crippen LogP contribution in [0, 0.1) is 0 Å². The molecule has 25 heavy (non-hydrogen) atoms. The van der Waals surface area contributed by atoms with Crippen LogP contribution in [-0.2, 0) is 9.59 Å². The summed E-state index contributed by atoms with van der Waals surface area (Å²) in [6.45, 7) is 1.70. The average molecular weight is 342 g/mol. The Kier molecular flexibility index (Phi) is 3.76. The van der Waals surface area contributed by atoms with Crippen LogP contribution in [-0.4, -0.2) is 53.7 Å². The fraction of sp³-hybridized carbons (Fsp3) is 0.412. The molecule has 8 nitrogen and oxygen atoms in total. The van der Waals surface area contributed by atoms with Crippen LogP contribution in [0.1, 0.15) is 40.0 Å². The van der Waals surface area contributed by atoms with Crippen molar-refractivity contribution >= 4 is 29.3 Å². The van der Waals surface area contributed by atoms with Gasteiger partial charge in [-0.1, -0.05) is 6.07 Å². The molecule has 3 N–H and O–H groups in total. The molecule has 0 saturated carbocycles. The van der Waals surface area contributed by atoms with Crippen LogP contribution >= 0.6 is 0 Å². The third kappa shape index (κ3) is 2.58. The number of anilines is 1. The van der Waals surface area contributed by atoms with Crippen molar-refractivity contribution in [3.05, 3.63) is 29.3 Å². The number of rotatable bonds is 3. The topological polar surface area (TPSA) is 108 Å². The zero-order valence-corrected chi connectivity index (χ0v) is 13.5. The van der Waals surface area contributed by atoms with Crippen LogP contribution in [0.3, 0.4) is 0 Å². The van der Waals surface area contributed by atoms with Crippen LogP contribution in [0.25, 0.3) is 0 Å². The Morgan fingerprint density at radius 1 is 1.08 bits per heavy atom. The predicted octanol–water partition coefficient (Wildman–Crippen LogP) is -0.138. The van der Waals surface area contributed by atoms with Crippen LogP contribution in [0.5, 0.6) is 0 Å². The van der Waals surface area contributed by atoms with E-state index in [0.717, 1.165) is 24.4 Å². The van der Waals surface area contributed by atoms with Crippen LogP contribution in [0.4, 0.5) is 5.69 Å². The normalized spacial score (nSPS) is 26.0. The lowest BCUT2D eigenvalue weighted by molar-refractivity contribution is -0.136. The molecule has 1 unspecified atom stereocenters. The van der Waals surface area contributed by atoms with E-state index in [1.807, 2.05) is 0 Å². The lowest BCUT2D eigenvalue weighted by Gasteiger charge is -2.27. The second-order valence-electron chi connectivity index (χ2n) is 6.51. The molecular formula is C17H18N4O4. The van der Waals surface area contributed by atoms with Crippen molar-refractivity contribution in [1.82, 2.24) is 15.5 Å². The quantitative estimate of drug-likeness (QED) is 0.660. The molecule has 2 fully saturated rings. The molecule has 0 radical (unpaired) electrons. The van der Waals surface area contributed by atoms with E-state index >= 15 is 0 Å². The summed E-state index contributed by atoms with van der Waals surface area (Å²) in [5.41, 5.74) is 1.22. The summed E-state index contributed by atoms with van der Waals surface area (Å²) in [6, 6.07) is 4.35. The second-order valence-corrected chi connectivity index (χ2v) is 6.51. The van der Waals surface area contributed by atoms with E-state index in [1.165, 1.54) is 0 Å². The third-order valence-corrected chi connectivity index (χ3v) is 4.89. The zero-order valence-electron chi connectivity index (χ0n) is 13.5. The monoisotopic (exact) mass is 342 g/mol. The Balaban J connectivity index is 1.65. The van der Waals surface area contributed by atoms with Gasteiger partial charge in [0.25, 0.3) is 11.8 Å². The van der Waals surface area contributed by atoms with Gasteiger partial charge in [0.1, 0.15) is 6.04 Å². The number of carbonyl (C=O) groups is 4. The summed E-state index contributed by atoms with van der Waals surface area (Å²) in [5.74, 6) is -1.94. The number of imide groups is 2. The van der Waals surface area contributed by atoms with Gasteiger partial charge in [-0.15, -0.1) is 0 Å². The van der Waals surface area contributed by atoms with Crippen molar-refractivity contribution in [2.75, 3.05) is 18.4 Å². The van der Waals surface area contributed by atoms with Gasteiger partial charge in [0.05, 0.1) is 11.1 Å². The van der Waals surface area contributed by atoms with Gasteiger partial charge in [0.15, 0.2) is 0 Å². The minimum Gasteiger partial charge on any atom is -0.380 e. The van der Waals surface area contributed by atoms with E-state index in [-0.39, 0.29) is 24.8 Å². The summed E-state index contributed by atoms with van der Waals surface area (Å²) in [4.78, 5) is 50.0. The van der Waals surface area contributed by atoms with Crippen molar-refractivity contribution in [3.63, 3.8) is 0 Å². The molecule has 3 aliphatic heterocycles. The molecule has 1 aromatic carbocycles. The molecule has 0 aliphatic carbocycles. The molecule has 2 atom stereocenters. The molecule has 8 heteroatoms. The summed E-state index contributed by atoms with van der Waals surface area (Å²) in [6.07, 6.45) is 1.21. The van der Waals surface area contributed by atoms with Gasteiger partial charge in [-0.25, -0.2) is 0 Å². The molecule has 0 spiro atoms. The maximum atomic E-state index is 12.9. The van der Waals surface area contributed by atoms with Gasteiger partial charge in [-0.3, -0.25) is 29.4 Å². The minimum absolute atomic E-state index is 0.114. The highest BCUT2D eigenvalue weighted by molar-refractivity contribution is 6.25. The van der Waals surface area contributed by atoms with Gasteiger partial charge in [0, 0.05) is 24.7 Å². The average Bonchev–Trinajstić information content (AvgIpc) is 3.17. The van der Waals surface area contributed by atoms with Crippen molar-refractivity contribution in [3.8, 4) is 0 Å². The lowest BCUT2D eigenvalue weighted by Crippen LogP contribution is -2.54. The van der Waals surface area contributed by atoms with E-state index in [2.05, 4.69) is 16.0 Å². The van der Waals surface area contributed by atoms with Crippen LogP contribution < -0.4 is 16.0 Å². The van der Waals surface area contributed by atoms with E-state index < -0.39 is 23.8 Å². The number of hydrogen-bond acceptors (Lipinski definition) is 6. The zero-order chi connectivity index (χ0) is 17.6. The molecule has 4 amide bonds. The number of fused-ring (bicyclic) bond motifs is 1. The number of nitrogens with one attached hydrogen (secondary N) is 3. The smallest absolute Gasteiger partial charge is 0.264 e. The van der Waals surface area contributed by atoms with Gasteiger partial charge >= 0.3 is 0 Å². The number of nitrogens with zero attached hydrogens (tertiary/aromatic N) is 1. The predicted molar refractivity (Wildman–Crippen MR) is 88.0 cm³/mol. The SMILES string of the molecule is O=C1CCC(N2C(=O)c3cccc(N[C@@H]4CCNC4)c3C2=O)C(=O)N1. The molecule has 3 aliphatic rings. The Bertz CT molecular complexity index is 785. The van der Waals surface area contributed by atoms with Gasteiger partial charge in [-0.2, -0.15) is 0 Å². The van der Waals surface area contributed by atoms with Crippen LogP contribution in [0.15, 0.2) is 18.2 Å². The number of piperidine rings is 1. The Morgan fingerprint density at radius 2 is 1.92 bits per heavy atom. The third-order valence-electron chi connectivity index (χ3n) is 4.89. The first-order valence-electron chi connectivity index (χ1n) is 8.38. The maximum absolute atomic E-state index is 12.9. The van der Waals surface area contributed by atoms with Crippen molar-refractivity contribution in [2.45, 2.75) is 31.3 Å². The van der Waals surface area contributed by atoms with Crippen molar-refractivity contribution < 1.29 is 19.2 Å². The summed E-state index contributed by atoms with van der Waals surface area (Å²) < 4.78 is 0. The second kappa shape index (κ2) is 5.96. The highest BCUT2D eigenvalue weighted by atomic mass is 16.2. The van der Waals surface area contributed by atoms with Crippen molar-refractivity contribution in [1.29, 1.82) is 0 Å². The first kappa shape index (κ1) is 15.8. The Labute approximate surface area is 143 Å². The van der Waals surface area contributed by atoms with Crippen molar-refractivity contribution in [2.24, 2.45) is 0 Å². The molecule has 3 heterocycles. The summed E-state index contributed by atoms with van der Waals surface area (Å²) in [7, 11) is 0. The number of hydrogen-bond donors (Lipinski definition) is 3. The fourth-order valence-electron chi connectivity index (χ4n) is 3.63. The minimum atomic E-state index is -0.939. The van der Waals surface area contributed by atoms with Gasteiger partial charge < -0.3 is 10.6 Å². The highest BCUT2D eigenvalue weighted by Gasteiger charge is 2.45. The standard InChI is InChI=1S/C17H18N4O4/c22-13-5-4-12(15(23)20-13)21-16(24)10-2-1-3-11(14(10)17(21)25)19-9-6-7-18-8-9/h1-3,9,12,18-19H,4-8H2,(H,20,22,23)/t9-,12?/m1/s1. The molecule has 130 valence electrons. The number of amides is 4. The lowest BCUT2D eigenvalue weighted by atomic mass is 10.0. The first-order valence-corrected chi connectivity index (χ1v) is 8.38. The molecular weight excluding hydrogens is 324 g/mol. The van der Waals surface area contributed by atoms with Gasteiger partial charge in [-0.05, 0) is 31.5 Å². The number of carbonyl (C=O) groups excluding carboxylic acids is 4. The van der Waals surface area contributed by atoms with E-state index in [1.54, 1.807) is 18.2 Å². The largest absolute Gasteiger partial charge is 0.380 e. The van der Waals surface area contributed by atoms with Gasteiger partial charge in [0.2, 0.25) is 11.8 Å².